The van der Waals surface area contributed by atoms with E-state index >= 15 is 0 Å². The fraction of sp³-hybridized carbons (Fsp3) is 0.417. The summed E-state index contributed by atoms with van der Waals surface area (Å²) in [5, 5.41) is 3.01. The Labute approximate surface area is 190 Å². The summed E-state index contributed by atoms with van der Waals surface area (Å²) < 4.78 is 25.5. The molecule has 1 fully saturated rings. The molecular formula is C24H31N3O4S. The molecule has 8 heteroatoms. The molecule has 0 aromatic heterocycles. The summed E-state index contributed by atoms with van der Waals surface area (Å²) in [4.78, 5) is 27.7. The summed E-state index contributed by atoms with van der Waals surface area (Å²) in [6.45, 7) is 3.23. The third kappa shape index (κ3) is 5.37. The highest BCUT2D eigenvalue weighted by atomic mass is 32.2. The van der Waals surface area contributed by atoms with Crippen LogP contribution in [0.25, 0.3) is 0 Å². The number of hydrogen-bond acceptors (Lipinski definition) is 4. The van der Waals surface area contributed by atoms with E-state index in [0.29, 0.717) is 31.5 Å². The van der Waals surface area contributed by atoms with Crippen LogP contribution in [0, 0.1) is 0 Å². The second-order valence-corrected chi connectivity index (χ2v) is 10.4. The fourth-order valence-electron chi connectivity index (χ4n) is 3.96. The summed E-state index contributed by atoms with van der Waals surface area (Å²) in [5.41, 5.74) is 1.45. The van der Waals surface area contributed by atoms with Crippen LogP contribution >= 0.6 is 0 Å². The molecule has 0 spiro atoms. The summed E-state index contributed by atoms with van der Waals surface area (Å²) >= 11 is 0. The summed E-state index contributed by atoms with van der Waals surface area (Å²) in [7, 11) is -0.590. The van der Waals surface area contributed by atoms with Crippen molar-refractivity contribution < 1.29 is 18.0 Å². The van der Waals surface area contributed by atoms with Crippen molar-refractivity contribution in [2.24, 2.45) is 0 Å². The number of benzene rings is 2. The number of rotatable bonds is 7. The van der Waals surface area contributed by atoms with Gasteiger partial charge in [0.2, 0.25) is 15.9 Å². The zero-order valence-electron chi connectivity index (χ0n) is 18.8. The minimum absolute atomic E-state index is 0.0199. The molecule has 32 heavy (non-hydrogen) atoms. The van der Waals surface area contributed by atoms with E-state index in [4.69, 9.17) is 0 Å². The van der Waals surface area contributed by atoms with Crippen LogP contribution < -0.4 is 5.32 Å². The van der Waals surface area contributed by atoms with Crippen LogP contribution in [0.15, 0.2) is 59.5 Å². The lowest BCUT2D eigenvalue weighted by Crippen LogP contribution is -2.47. The molecule has 1 atom stereocenters. The zero-order chi connectivity index (χ0) is 23.3. The van der Waals surface area contributed by atoms with E-state index in [0.717, 1.165) is 16.3 Å². The Hall–Kier alpha value is -2.71. The molecule has 1 aliphatic heterocycles. The lowest BCUT2D eigenvalue weighted by molar-refractivity contribution is -0.134. The third-order valence-electron chi connectivity index (χ3n) is 5.95. The number of hydrogen-bond donors (Lipinski definition) is 1. The van der Waals surface area contributed by atoms with E-state index in [1.165, 1.54) is 38.4 Å². The molecule has 3 rings (SSSR count). The number of piperidine rings is 1. The van der Waals surface area contributed by atoms with Crippen molar-refractivity contribution in [2.45, 2.75) is 43.0 Å². The number of likely N-dealkylation sites (tertiary alicyclic amines) is 1. The van der Waals surface area contributed by atoms with Gasteiger partial charge in [-0.2, -0.15) is 0 Å². The maximum atomic E-state index is 13.0. The highest BCUT2D eigenvalue weighted by molar-refractivity contribution is 7.89. The molecular weight excluding hydrogens is 426 g/mol. The van der Waals surface area contributed by atoms with Gasteiger partial charge in [-0.1, -0.05) is 37.3 Å². The minimum atomic E-state index is -3.53. The van der Waals surface area contributed by atoms with Crippen molar-refractivity contribution >= 4 is 21.8 Å². The number of carbonyl (C=O) groups is 2. The maximum Gasteiger partial charge on any atom is 0.251 e. The van der Waals surface area contributed by atoms with Gasteiger partial charge in [0.1, 0.15) is 0 Å². The van der Waals surface area contributed by atoms with Gasteiger partial charge in [-0.15, -0.1) is 0 Å². The van der Waals surface area contributed by atoms with Gasteiger partial charge in [-0.05, 0) is 49.1 Å². The Balaban J connectivity index is 1.55. The Bertz CT molecular complexity index is 1030. The Morgan fingerprint density at radius 3 is 2.16 bits per heavy atom. The first kappa shape index (κ1) is 23.9. The smallest absolute Gasteiger partial charge is 0.251 e. The first-order valence-corrected chi connectivity index (χ1v) is 12.3. The van der Waals surface area contributed by atoms with Gasteiger partial charge in [0, 0.05) is 38.8 Å². The summed E-state index contributed by atoms with van der Waals surface area (Å²) in [6, 6.07) is 15.8. The van der Waals surface area contributed by atoms with Crippen molar-refractivity contribution in [3.05, 3.63) is 65.7 Å². The van der Waals surface area contributed by atoms with Crippen molar-refractivity contribution in [3.8, 4) is 0 Å². The second-order valence-electron chi connectivity index (χ2n) is 8.26. The second kappa shape index (κ2) is 10.3. The van der Waals surface area contributed by atoms with Gasteiger partial charge in [-0.3, -0.25) is 9.59 Å². The highest BCUT2D eigenvalue weighted by Gasteiger charge is 2.29. The Morgan fingerprint density at radius 2 is 1.62 bits per heavy atom. The number of nitrogens with one attached hydrogen (secondary N) is 1. The predicted octanol–water partition coefficient (Wildman–Crippen LogP) is 2.85. The molecule has 1 saturated heterocycles. The van der Waals surface area contributed by atoms with E-state index in [1.54, 1.807) is 0 Å². The van der Waals surface area contributed by atoms with Crippen molar-refractivity contribution in [1.29, 1.82) is 0 Å². The summed E-state index contributed by atoms with van der Waals surface area (Å²) in [6.07, 6.45) is 2.13. The number of amides is 2. The first-order chi connectivity index (χ1) is 15.2. The normalized spacial score (nSPS) is 16.1. The minimum Gasteiger partial charge on any atom is -0.349 e. The Morgan fingerprint density at radius 1 is 1.03 bits per heavy atom. The van der Waals surface area contributed by atoms with Crippen LogP contribution in [0.4, 0.5) is 0 Å². The molecule has 0 aliphatic carbocycles. The summed E-state index contributed by atoms with van der Waals surface area (Å²) in [5.74, 6) is -0.236. The van der Waals surface area contributed by atoms with Crippen LogP contribution in [-0.2, 0) is 14.8 Å². The van der Waals surface area contributed by atoms with Crippen LogP contribution in [-0.4, -0.2) is 62.7 Å². The van der Waals surface area contributed by atoms with E-state index < -0.39 is 10.0 Å². The molecule has 0 bridgehead atoms. The lowest BCUT2D eigenvalue weighted by atomic mass is 9.93. The monoisotopic (exact) mass is 457 g/mol. The molecule has 0 radical (unpaired) electrons. The van der Waals surface area contributed by atoms with Gasteiger partial charge in [0.05, 0.1) is 10.8 Å². The largest absolute Gasteiger partial charge is 0.349 e. The lowest BCUT2D eigenvalue weighted by Gasteiger charge is -2.34. The molecule has 0 saturated carbocycles. The van der Waals surface area contributed by atoms with E-state index in [2.05, 4.69) is 5.32 Å². The van der Waals surface area contributed by atoms with Gasteiger partial charge in [0.25, 0.3) is 5.91 Å². The SMILES string of the molecule is CCC(C(=O)N1CCC(NC(=O)c2ccc(S(=O)(=O)N(C)C)cc2)CC1)c1ccccc1. The van der Waals surface area contributed by atoms with Crippen LogP contribution in [0.3, 0.4) is 0 Å². The molecule has 1 unspecified atom stereocenters. The van der Waals surface area contributed by atoms with Crippen LogP contribution in [0.5, 0.6) is 0 Å². The van der Waals surface area contributed by atoms with Crippen LogP contribution in [0.2, 0.25) is 0 Å². The highest BCUT2D eigenvalue weighted by Crippen LogP contribution is 2.24. The maximum absolute atomic E-state index is 13.0. The molecule has 2 amide bonds. The van der Waals surface area contributed by atoms with Gasteiger partial charge in [0.15, 0.2) is 0 Å². The van der Waals surface area contributed by atoms with E-state index in [1.807, 2.05) is 42.2 Å². The third-order valence-corrected chi connectivity index (χ3v) is 7.77. The van der Waals surface area contributed by atoms with Gasteiger partial charge in [-0.25, -0.2) is 12.7 Å². The molecule has 2 aromatic rings. The number of nitrogens with zero attached hydrogens (tertiary/aromatic N) is 2. The molecule has 2 aromatic carbocycles. The van der Waals surface area contributed by atoms with Gasteiger partial charge < -0.3 is 10.2 Å². The predicted molar refractivity (Wildman–Crippen MR) is 124 cm³/mol. The van der Waals surface area contributed by atoms with E-state index in [-0.39, 0.29) is 28.7 Å². The average molecular weight is 458 g/mol. The van der Waals surface area contributed by atoms with E-state index in [9.17, 15) is 18.0 Å². The zero-order valence-corrected chi connectivity index (χ0v) is 19.6. The Kier molecular flexibility index (Phi) is 7.69. The quantitative estimate of drug-likeness (QED) is 0.693. The van der Waals surface area contributed by atoms with Crippen molar-refractivity contribution in [2.75, 3.05) is 27.2 Å². The van der Waals surface area contributed by atoms with Gasteiger partial charge >= 0.3 is 0 Å². The number of sulfonamides is 1. The topological polar surface area (TPSA) is 86.8 Å². The molecule has 1 aliphatic rings. The fourth-order valence-corrected chi connectivity index (χ4v) is 4.86. The average Bonchev–Trinajstić information content (AvgIpc) is 2.80. The molecule has 172 valence electrons. The van der Waals surface area contributed by atoms with Crippen molar-refractivity contribution in [3.63, 3.8) is 0 Å². The van der Waals surface area contributed by atoms with Crippen molar-refractivity contribution in [1.82, 2.24) is 14.5 Å². The molecule has 7 nitrogen and oxygen atoms in total. The molecule has 1 heterocycles. The number of carbonyl (C=O) groups excluding carboxylic acids is 2. The standard InChI is InChI=1S/C24H31N3O4S/c1-4-22(18-8-6-5-7-9-18)24(29)27-16-14-20(15-17-27)25-23(28)19-10-12-21(13-11-19)32(30,31)26(2)3/h5-13,20,22H,4,14-17H2,1-3H3,(H,25,28). The molecule has 1 N–H and O–H groups in total. The van der Waals surface area contributed by atoms with Crippen LogP contribution in [0.1, 0.15) is 48.0 Å². The first-order valence-electron chi connectivity index (χ1n) is 10.9.